The van der Waals surface area contributed by atoms with Crippen LogP contribution in [0.2, 0.25) is 0 Å². The van der Waals surface area contributed by atoms with Crippen LogP contribution in [0.3, 0.4) is 0 Å². The molecule has 1 nitrogen and oxygen atoms in total. The van der Waals surface area contributed by atoms with Crippen LogP contribution in [0.1, 0.15) is 26.3 Å². The molecular formula is C24H29NP+. The second-order valence-corrected chi connectivity index (χ2v) is 11.4. The topological polar surface area (TPSA) is 3.24 Å². The van der Waals surface area contributed by atoms with Crippen molar-refractivity contribution in [3.63, 3.8) is 0 Å². The number of hydrogen-bond acceptors (Lipinski definition) is 1. The molecule has 2 heteroatoms. The van der Waals surface area contributed by atoms with Gasteiger partial charge in [-0.2, -0.15) is 0 Å². The van der Waals surface area contributed by atoms with Crippen molar-refractivity contribution in [3.8, 4) is 0 Å². The molecule has 3 rings (SSSR count). The van der Waals surface area contributed by atoms with Crippen molar-refractivity contribution in [3.05, 3.63) is 96.6 Å². The summed E-state index contributed by atoms with van der Waals surface area (Å²) in [6, 6.07) is 32.8. The Labute approximate surface area is 159 Å². The monoisotopic (exact) mass is 362 g/mol. The van der Waals surface area contributed by atoms with Gasteiger partial charge in [0.25, 0.3) is 0 Å². The number of benzene rings is 3. The molecule has 3 aromatic carbocycles. The fourth-order valence-corrected chi connectivity index (χ4v) is 8.10. The Morgan fingerprint density at radius 2 is 1.15 bits per heavy atom. The van der Waals surface area contributed by atoms with Crippen LogP contribution in [0.15, 0.2) is 91.0 Å². The molecule has 0 N–H and O–H groups in total. The summed E-state index contributed by atoms with van der Waals surface area (Å²) in [4.78, 5) is 0. The van der Waals surface area contributed by atoms with Crippen LogP contribution in [0.5, 0.6) is 0 Å². The van der Waals surface area contributed by atoms with Crippen molar-refractivity contribution < 1.29 is 0 Å². The minimum Gasteiger partial charge on any atom is -0.239 e. The van der Waals surface area contributed by atoms with Crippen LogP contribution in [0.25, 0.3) is 0 Å². The summed E-state index contributed by atoms with van der Waals surface area (Å²) in [5.41, 5.74) is 2.72. The van der Waals surface area contributed by atoms with Gasteiger partial charge in [0.2, 0.25) is 0 Å². The molecule has 0 spiro atoms. The maximum absolute atomic E-state index is 2.68. The molecule has 0 saturated heterocycles. The maximum atomic E-state index is 2.68. The SMILES string of the molecule is CC(C)(C)N(c1ccccc1)[P+](C)(Cc1ccccc1)c1ccccc1. The zero-order valence-electron chi connectivity index (χ0n) is 16.3. The molecule has 134 valence electrons. The Balaban J connectivity index is 2.17. The van der Waals surface area contributed by atoms with E-state index in [0.717, 1.165) is 6.16 Å². The van der Waals surface area contributed by atoms with E-state index >= 15 is 0 Å². The Bertz CT molecular complexity index is 809. The van der Waals surface area contributed by atoms with E-state index in [1.165, 1.54) is 16.6 Å². The molecule has 1 atom stereocenters. The van der Waals surface area contributed by atoms with E-state index in [1.807, 2.05) is 0 Å². The van der Waals surface area contributed by atoms with Gasteiger partial charge < -0.3 is 0 Å². The molecule has 1 unspecified atom stereocenters. The van der Waals surface area contributed by atoms with Gasteiger partial charge in [0, 0.05) is 0 Å². The predicted octanol–water partition coefficient (Wildman–Crippen LogP) is 6.38. The van der Waals surface area contributed by atoms with Gasteiger partial charge in [-0.05, 0) is 50.6 Å². The number of nitrogens with zero attached hydrogens (tertiary/aromatic N) is 1. The quantitative estimate of drug-likeness (QED) is 0.476. The first-order valence-corrected chi connectivity index (χ1v) is 11.6. The van der Waals surface area contributed by atoms with Crippen molar-refractivity contribution in [1.29, 1.82) is 0 Å². The highest BCUT2D eigenvalue weighted by Gasteiger charge is 2.47. The number of anilines is 1. The first kappa shape index (κ1) is 18.7. The second kappa shape index (κ2) is 7.64. The highest BCUT2D eigenvalue weighted by Crippen LogP contribution is 2.64. The highest BCUT2D eigenvalue weighted by atomic mass is 31.2. The zero-order valence-corrected chi connectivity index (χ0v) is 17.2. The van der Waals surface area contributed by atoms with Crippen molar-refractivity contribution in [2.45, 2.75) is 32.5 Å². The molecule has 0 aliphatic rings. The maximum Gasteiger partial charge on any atom is 0.139 e. The molecule has 3 aromatic rings. The standard InChI is InChI=1S/C24H29NP/c1-24(2,3)25(22-16-10-6-11-17-22)26(4,23-18-12-7-13-19-23)20-21-14-8-5-9-15-21/h5-19H,20H2,1-4H3/q+1. The first-order valence-electron chi connectivity index (χ1n) is 9.22. The second-order valence-electron chi connectivity index (χ2n) is 7.94. The van der Waals surface area contributed by atoms with Crippen molar-refractivity contribution in [2.75, 3.05) is 11.3 Å². The summed E-state index contributed by atoms with van der Waals surface area (Å²) >= 11 is 0. The lowest BCUT2D eigenvalue weighted by atomic mass is 10.1. The van der Waals surface area contributed by atoms with Crippen LogP contribution in [-0.2, 0) is 6.16 Å². The van der Waals surface area contributed by atoms with Gasteiger partial charge in [-0.15, -0.1) is 0 Å². The zero-order chi connectivity index (χ0) is 18.6. The lowest BCUT2D eigenvalue weighted by Crippen LogP contribution is -2.44. The van der Waals surface area contributed by atoms with E-state index in [4.69, 9.17) is 0 Å². The van der Waals surface area contributed by atoms with E-state index in [2.05, 4.69) is 123 Å². The van der Waals surface area contributed by atoms with Crippen LogP contribution in [0.4, 0.5) is 5.69 Å². The molecular weight excluding hydrogens is 333 g/mol. The minimum absolute atomic E-state index is 0.0223. The van der Waals surface area contributed by atoms with E-state index < -0.39 is 7.41 Å². The third kappa shape index (κ3) is 4.00. The van der Waals surface area contributed by atoms with Gasteiger partial charge in [0.05, 0.1) is 17.9 Å². The van der Waals surface area contributed by atoms with E-state index in [-0.39, 0.29) is 5.54 Å². The van der Waals surface area contributed by atoms with Crippen molar-refractivity contribution in [1.82, 2.24) is 0 Å². The summed E-state index contributed by atoms with van der Waals surface area (Å²) in [6.07, 6.45) is 1.06. The smallest absolute Gasteiger partial charge is 0.139 e. The molecule has 0 heterocycles. The third-order valence-electron chi connectivity index (χ3n) is 4.72. The van der Waals surface area contributed by atoms with E-state index in [9.17, 15) is 0 Å². The van der Waals surface area contributed by atoms with Crippen LogP contribution in [-0.4, -0.2) is 12.2 Å². The largest absolute Gasteiger partial charge is 0.239 e. The number of hydrogen-bond donors (Lipinski definition) is 0. The molecule has 0 amide bonds. The third-order valence-corrected chi connectivity index (χ3v) is 8.83. The van der Waals surface area contributed by atoms with Crippen LogP contribution >= 0.6 is 7.41 Å². The summed E-state index contributed by atoms with van der Waals surface area (Å²) in [5, 5.41) is 1.45. The Morgan fingerprint density at radius 3 is 1.65 bits per heavy atom. The van der Waals surface area contributed by atoms with Crippen molar-refractivity contribution in [2.24, 2.45) is 0 Å². The van der Waals surface area contributed by atoms with Gasteiger partial charge in [0.1, 0.15) is 18.9 Å². The van der Waals surface area contributed by atoms with Gasteiger partial charge in [-0.1, -0.05) is 66.7 Å². The minimum atomic E-state index is -1.66. The molecule has 26 heavy (non-hydrogen) atoms. The predicted molar refractivity (Wildman–Crippen MR) is 118 cm³/mol. The molecule has 0 aromatic heterocycles. The average molecular weight is 362 g/mol. The van der Waals surface area contributed by atoms with E-state index in [0.29, 0.717) is 0 Å². The molecule has 0 radical (unpaired) electrons. The molecule has 0 saturated carbocycles. The molecule has 0 fully saturated rings. The summed E-state index contributed by atoms with van der Waals surface area (Å²) in [7, 11) is -1.66. The van der Waals surface area contributed by atoms with Gasteiger partial charge in [-0.25, -0.2) is 4.67 Å². The Kier molecular flexibility index (Phi) is 5.49. The lowest BCUT2D eigenvalue weighted by molar-refractivity contribution is 0.582. The van der Waals surface area contributed by atoms with Crippen LogP contribution in [0, 0.1) is 0 Å². The van der Waals surface area contributed by atoms with Crippen molar-refractivity contribution >= 4 is 18.4 Å². The average Bonchev–Trinajstić information content (AvgIpc) is 2.63. The molecule has 0 aliphatic carbocycles. The Hall–Kier alpha value is -2.11. The summed E-state index contributed by atoms with van der Waals surface area (Å²) in [5.74, 6) is 0. The van der Waals surface area contributed by atoms with Crippen LogP contribution < -0.4 is 9.97 Å². The molecule has 0 bridgehead atoms. The Morgan fingerprint density at radius 1 is 0.692 bits per heavy atom. The summed E-state index contributed by atoms with van der Waals surface area (Å²) in [6.45, 7) is 9.46. The molecule has 0 aliphatic heterocycles. The highest BCUT2D eigenvalue weighted by molar-refractivity contribution is 7.83. The number of rotatable bonds is 5. The van der Waals surface area contributed by atoms with E-state index in [1.54, 1.807) is 0 Å². The fourth-order valence-electron chi connectivity index (χ4n) is 3.84. The van der Waals surface area contributed by atoms with Gasteiger partial charge in [-0.3, -0.25) is 0 Å². The lowest BCUT2D eigenvalue weighted by Gasteiger charge is -2.44. The number of para-hydroxylation sites is 1. The summed E-state index contributed by atoms with van der Waals surface area (Å²) < 4.78 is 2.68. The fraction of sp³-hybridized carbons (Fsp3) is 0.250. The first-order chi connectivity index (χ1) is 12.4. The van der Waals surface area contributed by atoms with Gasteiger partial charge >= 0.3 is 0 Å². The van der Waals surface area contributed by atoms with Gasteiger partial charge in [0.15, 0.2) is 0 Å². The normalized spacial score (nSPS) is 13.8.